The number of amides is 2. The maximum atomic E-state index is 11.2. The molecule has 0 saturated carbocycles. The first-order valence-electron chi connectivity index (χ1n) is 3.55. The van der Waals surface area contributed by atoms with Crippen LogP contribution < -0.4 is 0 Å². The lowest BCUT2D eigenvalue weighted by Gasteiger charge is -2.27. The van der Waals surface area contributed by atoms with Crippen LogP contribution in [0.15, 0.2) is 0 Å². The maximum Gasteiger partial charge on any atom is 0.240 e. The minimum Gasteiger partial charge on any atom is -0.273 e. The van der Waals surface area contributed by atoms with Gasteiger partial charge in [0.2, 0.25) is 11.8 Å². The van der Waals surface area contributed by atoms with Gasteiger partial charge in [-0.3, -0.25) is 14.5 Å². The summed E-state index contributed by atoms with van der Waals surface area (Å²) in [5.74, 6) is 2.73. The second kappa shape index (κ2) is 3.63. The van der Waals surface area contributed by atoms with Crippen molar-refractivity contribution in [2.24, 2.45) is 0 Å². The highest BCUT2D eigenvalue weighted by molar-refractivity contribution is 8.00. The van der Waals surface area contributed by atoms with Crippen LogP contribution in [0.3, 0.4) is 0 Å². The zero-order chi connectivity index (χ0) is 9.14. The Morgan fingerprint density at radius 2 is 2.00 bits per heavy atom. The van der Waals surface area contributed by atoms with E-state index in [9.17, 15) is 9.59 Å². The smallest absolute Gasteiger partial charge is 0.240 e. The Balaban J connectivity index is 2.78. The second-order valence-corrected chi connectivity index (χ2v) is 3.48. The molecule has 4 heteroatoms. The van der Waals surface area contributed by atoms with Crippen LogP contribution in [0.5, 0.6) is 0 Å². The van der Waals surface area contributed by atoms with E-state index in [1.54, 1.807) is 6.92 Å². The fourth-order valence-electron chi connectivity index (χ4n) is 1.01. The van der Waals surface area contributed by atoms with Crippen molar-refractivity contribution in [3.63, 3.8) is 0 Å². The highest BCUT2D eigenvalue weighted by Gasteiger charge is 2.29. The molecule has 1 fully saturated rings. The average Bonchev–Trinajstić information content (AvgIpc) is 2.03. The van der Waals surface area contributed by atoms with Gasteiger partial charge in [-0.05, 0) is 6.92 Å². The first kappa shape index (κ1) is 9.14. The monoisotopic (exact) mass is 183 g/mol. The third-order valence-corrected chi connectivity index (χ3v) is 2.52. The molecule has 0 spiro atoms. The quantitative estimate of drug-likeness (QED) is 0.428. The van der Waals surface area contributed by atoms with Gasteiger partial charge in [-0.2, -0.15) is 0 Å². The van der Waals surface area contributed by atoms with Crippen molar-refractivity contribution in [1.29, 1.82) is 0 Å². The molecule has 0 radical (unpaired) electrons. The van der Waals surface area contributed by atoms with Crippen LogP contribution in [0, 0.1) is 12.3 Å². The molecule has 0 bridgehead atoms. The summed E-state index contributed by atoms with van der Waals surface area (Å²) in [6.45, 7) is 1.67. The van der Waals surface area contributed by atoms with Gasteiger partial charge in [0.15, 0.2) is 0 Å². The highest BCUT2D eigenvalue weighted by Crippen LogP contribution is 2.14. The van der Waals surface area contributed by atoms with E-state index >= 15 is 0 Å². The normalized spacial score (nSPS) is 20.5. The molecule has 3 nitrogen and oxygen atoms in total. The van der Waals surface area contributed by atoms with Crippen molar-refractivity contribution in [3.8, 4) is 12.3 Å². The Morgan fingerprint density at radius 3 is 2.42 bits per heavy atom. The minimum absolute atomic E-state index is 0.179. The van der Waals surface area contributed by atoms with Crippen LogP contribution in [0.2, 0.25) is 0 Å². The van der Waals surface area contributed by atoms with E-state index in [2.05, 4.69) is 5.92 Å². The fourth-order valence-corrected chi connectivity index (χ4v) is 1.74. The Bertz CT molecular complexity index is 240. The number of terminal acetylenes is 1. The van der Waals surface area contributed by atoms with Crippen molar-refractivity contribution in [3.05, 3.63) is 0 Å². The fraction of sp³-hybridized carbons (Fsp3) is 0.500. The standard InChI is InChI=1S/C8H9NO2S/c1-3-6(2)9-7(10)4-12-5-8(9)11/h1,6H,4-5H2,2H3. The Morgan fingerprint density at radius 1 is 1.50 bits per heavy atom. The maximum absolute atomic E-state index is 11.2. The summed E-state index contributed by atoms with van der Waals surface area (Å²) in [6.07, 6.45) is 5.12. The summed E-state index contributed by atoms with van der Waals surface area (Å²) >= 11 is 1.33. The number of hydrogen-bond donors (Lipinski definition) is 0. The van der Waals surface area contributed by atoms with E-state index < -0.39 is 6.04 Å². The molecule has 2 amide bonds. The van der Waals surface area contributed by atoms with E-state index in [0.29, 0.717) is 11.5 Å². The van der Waals surface area contributed by atoms with Crippen molar-refractivity contribution in [2.45, 2.75) is 13.0 Å². The molecule has 12 heavy (non-hydrogen) atoms. The van der Waals surface area contributed by atoms with Gasteiger partial charge < -0.3 is 0 Å². The second-order valence-electron chi connectivity index (χ2n) is 2.49. The number of imide groups is 1. The summed E-state index contributed by atoms with van der Waals surface area (Å²) in [6, 6.07) is -0.411. The molecule has 1 unspecified atom stereocenters. The van der Waals surface area contributed by atoms with Gasteiger partial charge in [0.1, 0.15) is 0 Å². The summed E-state index contributed by atoms with van der Waals surface area (Å²) in [7, 11) is 0. The molecule has 0 N–H and O–H groups in total. The molecule has 1 aliphatic heterocycles. The van der Waals surface area contributed by atoms with Crippen molar-refractivity contribution in [1.82, 2.24) is 4.90 Å². The van der Waals surface area contributed by atoms with E-state index in [0.717, 1.165) is 4.90 Å². The topological polar surface area (TPSA) is 37.4 Å². The zero-order valence-electron chi connectivity index (χ0n) is 6.74. The van der Waals surface area contributed by atoms with E-state index in [1.807, 2.05) is 0 Å². The molecule has 0 aromatic heterocycles. The molecular formula is C8H9NO2S. The molecule has 1 atom stereocenters. The lowest BCUT2D eigenvalue weighted by Crippen LogP contribution is -2.47. The molecule has 0 aromatic rings. The molecule has 1 heterocycles. The molecule has 1 aliphatic rings. The van der Waals surface area contributed by atoms with Crippen molar-refractivity contribution < 1.29 is 9.59 Å². The number of thioether (sulfide) groups is 1. The van der Waals surface area contributed by atoms with Crippen LogP contribution in [-0.4, -0.2) is 34.3 Å². The lowest BCUT2D eigenvalue weighted by atomic mass is 10.3. The van der Waals surface area contributed by atoms with Gasteiger partial charge in [-0.1, -0.05) is 5.92 Å². The summed E-state index contributed by atoms with van der Waals surface area (Å²) in [5, 5.41) is 0. The molecule has 1 saturated heterocycles. The number of carbonyl (C=O) groups excluding carboxylic acids is 2. The van der Waals surface area contributed by atoms with Crippen LogP contribution in [-0.2, 0) is 9.59 Å². The highest BCUT2D eigenvalue weighted by atomic mass is 32.2. The Hall–Kier alpha value is -0.950. The van der Waals surface area contributed by atoms with Crippen molar-refractivity contribution >= 4 is 23.6 Å². The van der Waals surface area contributed by atoms with Gasteiger partial charge >= 0.3 is 0 Å². The number of carbonyl (C=O) groups is 2. The van der Waals surface area contributed by atoms with E-state index in [-0.39, 0.29) is 11.8 Å². The van der Waals surface area contributed by atoms with E-state index in [4.69, 9.17) is 6.42 Å². The van der Waals surface area contributed by atoms with Crippen LogP contribution in [0.25, 0.3) is 0 Å². The Kier molecular flexibility index (Phi) is 2.77. The molecule has 0 aromatic carbocycles. The summed E-state index contributed by atoms with van der Waals surface area (Å²) in [4.78, 5) is 23.6. The summed E-state index contributed by atoms with van der Waals surface area (Å²) in [5.41, 5.74) is 0. The molecule has 64 valence electrons. The van der Waals surface area contributed by atoms with Gasteiger partial charge in [-0.15, -0.1) is 18.2 Å². The number of hydrogen-bond acceptors (Lipinski definition) is 3. The third kappa shape index (κ3) is 1.62. The first-order valence-corrected chi connectivity index (χ1v) is 4.71. The molecule has 0 aliphatic carbocycles. The average molecular weight is 183 g/mol. The molecule has 1 rings (SSSR count). The predicted molar refractivity (Wildman–Crippen MR) is 47.5 cm³/mol. The van der Waals surface area contributed by atoms with E-state index in [1.165, 1.54) is 11.8 Å². The SMILES string of the molecule is C#CC(C)N1C(=O)CSCC1=O. The van der Waals surface area contributed by atoms with Gasteiger partial charge in [-0.25, -0.2) is 0 Å². The lowest BCUT2D eigenvalue weighted by molar-refractivity contribution is -0.143. The van der Waals surface area contributed by atoms with Gasteiger partial charge in [0.05, 0.1) is 17.5 Å². The third-order valence-electron chi connectivity index (χ3n) is 1.62. The van der Waals surface area contributed by atoms with Crippen molar-refractivity contribution in [2.75, 3.05) is 11.5 Å². The van der Waals surface area contributed by atoms with Gasteiger partial charge in [0, 0.05) is 0 Å². The number of nitrogens with zero attached hydrogens (tertiary/aromatic N) is 1. The molecular weight excluding hydrogens is 174 g/mol. The summed E-state index contributed by atoms with van der Waals surface area (Å²) < 4.78 is 0. The first-order chi connectivity index (χ1) is 5.66. The largest absolute Gasteiger partial charge is 0.273 e. The van der Waals surface area contributed by atoms with Crippen LogP contribution in [0.4, 0.5) is 0 Å². The predicted octanol–water partition coefficient (Wildman–Crippen LogP) is 0.110. The Labute approximate surface area is 75.5 Å². The number of rotatable bonds is 1. The van der Waals surface area contributed by atoms with Crippen LogP contribution in [0.1, 0.15) is 6.92 Å². The van der Waals surface area contributed by atoms with Gasteiger partial charge in [0.25, 0.3) is 0 Å². The minimum atomic E-state index is -0.411. The van der Waals surface area contributed by atoms with Crippen LogP contribution >= 0.6 is 11.8 Å². The zero-order valence-corrected chi connectivity index (χ0v) is 7.56.